The fourth-order valence-corrected chi connectivity index (χ4v) is 4.75. The van der Waals surface area contributed by atoms with Crippen molar-refractivity contribution < 1.29 is 14.9 Å². The van der Waals surface area contributed by atoms with Crippen LogP contribution in [0.4, 0.5) is 0 Å². The number of aliphatic hydroxyl groups is 2. The molecule has 2 fully saturated rings. The van der Waals surface area contributed by atoms with Crippen LogP contribution in [0.25, 0.3) is 0 Å². The molecule has 11 heavy (non-hydrogen) atoms. The highest BCUT2D eigenvalue weighted by molar-refractivity contribution is 8.19. The molecule has 2 N–H and O–H groups in total. The molecule has 2 saturated heterocycles. The van der Waals surface area contributed by atoms with Crippen molar-refractivity contribution in [3.05, 3.63) is 0 Å². The smallest absolute Gasteiger partial charge is 0.179 e. The Hall–Kier alpha value is 0.580. The fraction of sp³-hybridized carbons (Fsp3) is 1.00. The van der Waals surface area contributed by atoms with E-state index in [4.69, 9.17) is 14.9 Å². The van der Waals surface area contributed by atoms with Gasteiger partial charge in [-0.25, -0.2) is 0 Å². The molecule has 0 radical (unpaired) electrons. The van der Waals surface area contributed by atoms with E-state index in [1.807, 2.05) is 11.8 Å². The summed E-state index contributed by atoms with van der Waals surface area (Å²) in [5, 5.41) is 19.6. The van der Waals surface area contributed by atoms with Crippen molar-refractivity contribution in [2.24, 2.45) is 0 Å². The molecular weight excluding hydrogens is 184 g/mol. The first kappa shape index (κ1) is 8.19. The average Bonchev–Trinajstić information content (AvgIpc) is 2.41. The minimum absolute atomic E-state index is 0.292. The Morgan fingerprint density at radius 1 is 1.36 bits per heavy atom. The predicted octanol–water partition coefficient (Wildman–Crippen LogP) is -0.129. The number of hydrogen-bond donors (Lipinski definition) is 2. The molecule has 2 aliphatic rings. The van der Waals surface area contributed by atoms with E-state index >= 15 is 0 Å². The Morgan fingerprint density at radius 3 is 2.91 bits per heavy atom. The standard InChI is InChI=1S/C6H10O3S2/c7-6(8)4-5-3(1-9-4)10-2-11-5/h3-8H,1-2H2. The van der Waals surface area contributed by atoms with Crippen LogP contribution < -0.4 is 0 Å². The van der Waals surface area contributed by atoms with Gasteiger partial charge in [0.25, 0.3) is 0 Å². The van der Waals surface area contributed by atoms with Gasteiger partial charge in [0.1, 0.15) is 6.10 Å². The lowest BCUT2D eigenvalue weighted by molar-refractivity contribution is -0.125. The van der Waals surface area contributed by atoms with E-state index in [0.29, 0.717) is 17.1 Å². The first-order chi connectivity index (χ1) is 5.29. The lowest BCUT2D eigenvalue weighted by Crippen LogP contribution is -2.33. The van der Waals surface area contributed by atoms with Gasteiger partial charge in [-0.1, -0.05) is 0 Å². The summed E-state index contributed by atoms with van der Waals surface area (Å²) in [7, 11) is 0. The molecule has 0 spiro atoms. The molecule has 2 rings (SSSR count). The van der Waals surface area contributed by atoms with Gasteiger partial charge in [-0.3, -0.25) is 0 Å². The average molecular weight is 194 g/mol. The summed E-state index contributed by atoms with van der Waals surface area (Å²) in [5.74, 6) is 0. The van der Waals surface area contributed by atoms with Crippen LogP contribution in [0, 0.1) is 0 Å². The molecule has 0 aliphatic carbocycles. The van der Waals surface area contributed by atoms with Gasteiger partial charge in [0.15, 0.2) is 6.29 Å². The maximum Gasteiger partial charge on any atom is 0.179 e. The molecule has 2 aliphatic heterocycles. The zero-order valence-corrected chi connectivity index (χ0v) is 7.48. The van der Waals surface area contributed by atoms with Gasteiger partial charge in [-0.2, -0.15) is 0 Å². The maximum absolute atomic E-state index is 8.91. The van der Waals surface area contributed by atoms with Gasteiger partial charge < -0.3 is 14.9 Å². The van der Waals surface area contributed by atoms with Gasteiger partial charge in [0.05, 0.1) is 11.9 Å². The molecule has 0 aromatic rings. The molecule has 0 aromatic heterocycles. The van der Waals surface area contributed by atoms with Crippen LogP contribution in [0.3, 0.4) is 0 Å². The molecule has 64 valence electrons. The molecule has 3 unspecified atom stereocenters. The Morgan fingerprint density at radius 2 is 2.18 bits per heavy atom. The van der Waals surface area contributed by atoms with Crippen molar-refractivity contribution in [2.75, 3.05) is 11.7 Å². The first-order valence-electron chi connectivity index (χ1n) is 3.50. The van der Waals surface area contributed by atoms with Crippen LogP contribution in [-0.4, -0.2) is 44.8 Å². The summed E-state index contributed by atoms with van der Waals surface area (Å²) in [6.07, 6.45) is -1.67. The summed E-state index contributed by atoms with van der Waals surface area (Å²) in [4.78, 5) is 0. The number of rotatable bonds is 1. The zero-order valence-electron chi connectivity index (χ0n) is 5.84. The third kappa shape index (κ3) is 1.40. The van der Waals surface area contributed by atoms with E-state index in [0.717, 1.165) is 5.08 Å². The van der Waals surface area contributed by atoms with E-state index in [9.17, 15) is 0 Å². The molecule has 0 saturated carbocycles. The van der Waals surface area contributed by atoms with Crippen molar-refractivity contribution >= 4 is 23.5 Å². The Bertz CT molecular complexity index is 153. The molecular formula is C6H10O3S2. The van der Waals surface area contributed by atoms with Crippen molar-refractivity contribution in [3.63, 3.8) is 0 Å². The van der Waals surface area contributed by atoms with E-state index in [2.05, 4.69) is 0 Å². The highest BCUT2D eigenvalue weighted by Gasteiger charge is 2.44. The lowest BCUT2D eigenvalue weighted by Gasteiger charge is -2.16. The second-order valence-corrected chi connectivity index (χ2v) is 5.43. The summed E-state index contributed by atoms with van der Waals surface area (Å²) in [6, 6.07) is 0. The number of hydrogen-bond acceptors (Lipinski definition) is 5. The number of ether oxygens (including phenoxy) is 1. The van der Waals surface area contributed by atoms with Crippen molar-refractivity contribution in [3.8, 4) is 0 Å². The van der Waals surface area contributed by atoms with E-state index < -0.39 is 6.29 Å². The molecule has 3 atom stereocenters. The highest BCUT2D eigenvalue weighted by Crippen LogP contribution is 2.43. The third-order valence-electron chi connectivity index (χ3n) is 1.98. The van der Waals surface area contributed by atoms with Gasteiger partial charge in [-0.15, -0.1) is 23.5 Å². The minimum Gasteiger partial charge on any atom is -0.371 e. The van der Waals surface area contributed by atoms with Crippen molar-refractivity contribution in [1.82, 2.24) is 0 Å². The van der Waals surface area contributed by atoms with Crippen molar-refractivity contribution in [2.45, 2.75) is 22.9 Å². The fourth-order valence-electron chi connectivity index (χ4n) is 1.41. The van der Waals surface area contributed by atoms with Crippen LogP contribution in [0.1, 0.15) is 0 Å². The Balaban J connectivity index is 2.03. The predicted molar refractivity (Wildman–Crippen MR) is 45.6 cm³/mol. The van der Waals surface area contributed by atoms with Crippen LogP contribution >= 0.6 is 23.5 Å². The van der Waals surface area contributed by atoms with Crippen molar-refractivity contribution in [1.29, 1.82) is 0 Å². The lowest BCUT2D eigenvalue weighted by atomic mass is 10.2. The SMILES string of the molecule is OC(O)C1OCC2SCSC21. The normalized spacial score (nSPS) is 43.4. The maximum atomic E-state index is 8.91. The summed E-state index contributed by atoms with van der Waals surface area (Å²) in [5.41, 5.74) is 0. The van der Waals surface area contributed by atoms with E-state index in [-0.39, 0.29) is 6.10 Å². The van der Waals surface area contributed by atoms with Gasteiger partial charge >= 0.3 is 0 Å². The minimum atomic E-state index is -1.31. The molecule has 0 bridgehead atoms. The molecule has 5 heteroatoms. The summed E-state index contributed by atoms with van der Waals surface area (Å²) >= 11 is 3.62. The van der Waals surface area contributed by atoms with Crippen LogP contribution in [0.5, 0.6) is 0 Å². The third-order valence-corrected chi connectivity index (χ3v) is 5.08. The highest BCUT2D eigenvalue weighted by atomic mass is 32.2. The Kier molecular flexibility index (Phi) is 2.34. The molecule has 2 heterocycles. The van der Waals surface area contributed by atoms with Gasteiger partial charge in [0.2, 0.25) is 0 Å². The summed E-state index contributed by atoms with van der Waals surface area (Å²) in [6.45, 7) is 0.671. The number of thioether (sulfide) groups is 2. The largest absolute Gasteiger partial charge is 0.371 e. The van der Waals surface area contributed by atoms with Crippen LogP contribution in [-0.2, 0) is 4.74 Å². The van der Waals surface area contributed by atoms with Gasteiger partial charge in [0, 0.05) is 10.3 Å². The second kappa shape index (κ2) is 3.14. The van der Waals surface area contributed by atoms with Crippen LogP contribution in [0.2, 0.25) is 0 Å². The van der Waals surface area contributed by atoms with E-state index in [1.54, 1.807) is 11.8 Å². The van der Waals surface area contributed by atoms with Crippen LogP contribution in [0.15, 0.2) is 0 Å². The van der Waals surface area contributed by atoms with Gasteiger partial charge in [-0.05, 0) is 0 Å². The number of aliphatic hydroxyl groups excluding tert-OH is 1. The monoisotopic (exact) mass is 194 g/mol. The topological polar surface area (TPSA) is 49.7 Å². The summed E-state index contributed by atoms with van der Waals surface area (Å²) < 4.78 is 5.24. The molecule has 0 amide bonds. The zero-order chi connectivity index (χ0) is 7.84. The molecule has 0 aromatic carbocycles. The quantitative estimate of drug-likeness (QED) is 0.570. The molecule has 3 nitrogen and oxygen atoms in total. The second-order valence-electron chi connectivity index (χ2n) is 2.67. The first-order valence-corrected chi connectivity index (χ1v) is 5.60. The number of fused-ring (bicyclic) bond motifs is 1. The Labute approximate surface area is 73.5 Å². The van der Waals surface area contributed by atoms with E-state index in [1.165, 1.54) is 0 Å².